The van der Waals surface area contributed by atoms with E-state index in [0.29, 0.717) is 5.92 Å². The van der Waals surface area contributed by atoms with Crippen LogP contribution in [0.25, 0.3) is 0 Å². The minimum atomic E-state index is -0.0674. The van der Waals surface area contributed by atoms with E-state index in [0.717, 1.165) is 6.42 Å². The molecule has 260 valence electrons. The predicted octanol–water partition coefficient (Wildman–Crippen LogP) is 15.5. The van der Waals surface area contributed by atoms with Gasteiger partial charge in [0.15, 0.2) is 0 Å². The second-order valence-corrected chi connectivity index (χ2v) is 14.8. The van der Waals surface area contributed by atoms with Crippen molar-refractivity contribution >= 4 is 0 Å². The highest BCUT2D eigenvalue weighted by Gasteiger charge is 2.13. The van der Waals surface area contributed by atoms with Crippen molar-refractivity contribution in [3.63, 3.8) is 0 Å². The molecule has 1 N–H and O–H groups in total. The Morgan fingerprint density at radius 2 is 0.465 bits per heavy atom. The Kier molecular flexibility index (Phi) is 38.1. The fraction of sp³-hybridized carbons (Fsp3) is 1.00. The molecule has 0 saturated heterocycles. The van der Waals surface area contributed by atoms with Gasteiger partial charge in [-0.05, 0) is 18.8 Å². The summed E-state index contributed by atoms with van der Waals surface area (Å²) in [5.41, 5.74) is 0. The third-order valence-electron chi connectivity index (χ3n) is 10.3. The molecule has 2 atom stereocenters. The number of hydrogen-bond acceptors (Lipinski definition) is 1. The van der Waals surface area contributed by atoms with Crippen LogP contribution in [0.5, 0.6) is 0 Å². The first-order valence-electron chi connectivity index (χ1n) is 20.9. The number of rotatable bonds is 38. The van der Waals surface area contributed by atoms with Crippen LogP contribution in [-0.2, 0) is 0 Å². The first kappa shape index (κ1) is 43.0. The van der Waals surface area contributed by atoms with E-state index in [9.17, 15) is 5.11 Å². The van der Waals surface area contributed by atoms with Gasteiger partial charge in [0.1, 0.15) is 0 Å². The fourth-order valence-electron chi connectivity index (χ4n) is 6.92. The summed E-state index contributed by atoms with van der Waals surface area (Å²) in [6.07, 6.45) is 52.2. The van der Waals surface area contributed by atoms with Crippen molar-refractivity contribution in [3.8, 4) is 0 Å². The maximum absolute atomic E-state index is 10.6. The molecule has 0 heterocycles. The van der Waals surface area contributed by atoms with Crippen LogP contribution in [0, 0.1) is 5.92 Å². The second kappa shape index (κ2) is 38.1. The Morgan fingerprint density at radius 3 is 0.698 bits per heavy atom. The number of aliphatic hydroxyl groups is 1. The Balaban J connectivity index is 3.25. The van der Waals surface area contributed by atoms with Crippen LogP contribution in [-0.4, -0.2) is 11.2 Å². The molecule has 0 fully saturated rings. The van der Waals surface area contributed by atoms with Crippen LogP contribution >= 0.6 is 0 Å². The molecule has 0 spiro atoms. The molecule has 0 saturated carbocycles. The van der Waals surface area contributed by atoms with E-state index in [2.05, 4.69) is 20.8 Å². The summed E-state index contributed by atoms with van der Waals surface area (Å²) in [6, 6.07) is 0. The molecular weight excluding hydrogens is 520 g/mol. The molecule has 0 aliphatic rings. The Bertz CT molecular complexity index is 474. The molecule has 0 aliphatic carbocycles. The van der Waals surface area contributed by atoms with Crippen molar-refractivity contribution in [1.82, 2.24) is 0 Å². The number of hydrogen-bond donors (Lipinski definition) is 1. The van der Waals surface area contributed by atoms with E-state index in [1.54, 1.807) is 0 Å². The van der Waals surface area contributed by atoms with Gasteiger partial charge in [-0.2, -0.15) is 0 Å². The molecule has 0 bridgehead atoms. The Labute approximate surface area is 274 Å². The normalized spacial score (nSPS) is 13.1. The molecule has 0 rings (SSSR count). The number of aliphatic hydroxyl groups excluding tert-OH is 1. The van der Waals surface area contributed by atoms with Crippen LogP contribution in [0.4, 0.5) is 0 Å². The van der Waals surface area contributed by atoms with Crippen molar-refractivity contribution in [2.45, 2.75) is 264 Å². The highest BCUT2D eigenvalue weighted by molar-refractivity contribution is 4.65. The van der Waals surface area contributed by atoms with Crippen molar-refractivity contribution in [2.24, 2.45) is 5.92 Å². The lowest BCUT2D eigenvalue weighted by Crippen LogP contribution is -2.17. The molecular formula is C42H86O. The lowest BCUT2D eigenvalue weighted by molar-refractivity contribution is 0.0985. The smallest absolute Gasteiger partial charge is 0.0565 e. The van der Waals surface area contributed by atoms with Gasteiger partial charge in [-0.3, -0.25) is 0 Å². The molecule has 43 heavy (non-hydrogen) atoms. The van der Waals surface area contributed by atoms with Gasteiger partial charge in [0.2, 0.25) is 0 Å². The third-order valence-corrected chi connectivity index (χ3v) is 10.3. The molecule has 0 aromatic heterocycles. The van der Waals surface area contributed by atoms with Gasteiger partial charge in [-0.15, -0.1) is 0 Å². The first-order valence-corrected chi connectivity index (χ1v) is 20.9. The van der Waals surface area contributed by atoms with Crippen molar-refractivity contribution in [2.75, 3.05) is 0 Å². The molecule has 2 unspecified atom stereocenters. The van der Waals surface area contributed by atoms with Gasteiger partial charge in [0.25, 0.3) is 0 Å². The SMILES string of the molecule is CCCCCCCCCCCCCCCCCCCCCCC(O)C(C)CCCCCCCCCCCCCCCCC. The maximum Gasteiger partial charge on any atom is 0.0565 e. The summed E-state index contributed by atoms with van der Waals surface area (Å²) < 4.78 is 0. The summed E-state index contributed by atoms with van der Waals surface area (Å²) in [5.74, 6) is 0.488. The minimum absolute atomic E-state index is 0.0674. The largest absolute Gasteiger partial charge is 0.393 e. The van der Waals surface area contributed by atoms with E-state index < -0.39 is 0 Å². The zero-order valence-corrected chi connectivity index (χ0v) is 30.8. The first-order chi connectivity index (χ1) is 21.2. The van der Waals surface area contributed by atoms with E-state index >= 15 is 0 Å². The Hall–Kier alpha value is -0.0400. The Morgan fingerprint density at radius 1 is 0.279 bits per heavy atom. The molecule has 0 amide bonds. The topological polar surface area (TPSA) is 20.2 Å². The summed E-state index contributed by atoms with van der Waals surface area (Å²) >= 11 is 0. The molecule has 1 heteroatoms. The van der Waals surface area contributed by atoms with Gasteiger partial charge < -0.3 is 5.11 Å². The van der Waals surface area contributed by atoms with Crippen LogP contribution < -0.4 is 0 Å². The molecule has 0 aromatic carbocycles. The van der Waals surface area contributed by atoms with Crippen molar-refractivity contribution in [1.29, 1.82) is 0 Å². The number of unbranched alkanes of at least 4 members (excludes halogenated alkanes) is 33. The quantitative estimate of drug-likeness (QED) is 0.0693. The molecule has 1 nitrogen and oxygen atoms in total. The van der Waals surface area contributed by atoms with Gasteiger partial charge in [-0.1, -0.05) is 245 Å². The average Bonchev–Trinajstić information content (AvgIpc) is 3.01. The summed E-state index contributed by atoms with van der Waals surface area (Å²) in [5, 5.41) is 10.6. The van der Waals surface area contributed by atoms with Gasteiger partial charge >= 0.3 is 0 Å². The van der Waals surface area contributed by atoms with Crippen LogP contribution in [0.3, 0.4) is 0 Å². The molecule has 0 radical (unpaired) electrons. The lowest BCUT2D eigenvalue weighted by Gasteiger charge is -2.18. The maximum atomic E-state index is 10.6. The van der Waals surface area contributed by atoms with Gasteiger partial charge in [-0.25, -0.2) is 0 Å². The molecule has 0 aromatic rings. The monoisotopic (exact) mass is 607 g/mol. The van der Waals surface area contributed by atoms with Crippen LogP contribution in [0.15, 0.2) is 0 Å². The van der Waals surface area contributed by atoms with E-state index in [4.69, 9.17) is 0 Å². The highest BCUT2D eigenvalue weighted by Crippen LogP contribution is 2.20. The van der Waals surface area contributed by atoms with E-state index in [1.807, 2.05) is 0 Å². The van der Waals surface area contributed by atoms with Crippen LogP contribution in [0.2, 0.25) is 0 Å². The average molecular weight is 607 g/mol. The highest BCUT2D eigenvalue weighted by atomic mass is 16.3. The van der Waals surface area contributed by atoms with Gasteiger partial charge in [0, 0.05) is 0 Å². The summed E-state index contributed by atoms with van der Waals surface area (Å²) in [6.45, 7) is 6.89. The second-order valence-electron chi connectivity index (χ2n) is 14.8. The summed E-state index contributed by atoms with van der Waals surface area (Å²) in [7, 11) is 0. The zero-order valence-electron chi connectivity index (χ0n) is 30.8. The molecule has 0 aliphatic heterocycles. The fourth-order valence-corrected chi connectivity index (χ4v) is 6.92. The van der Waals surface area contributed by atoms with E-state index in [1.165, 1.54) is 231 Å². The predicted molar refractivity (Wildman–Crippen MR) is 197 cm³/mol. The standard InChI is InChI=1S/C42H86O/c1-4-6-8-10-12-14-16-18-20-21-22-23-24-26-28-30-32-34-36-38-40-42(43)41(3)39-37-35-33-31-29-27-25-19-17-15-13-11-9-7-5-2/h41-43H,4-40H2,1-3H3. The van der Waals surface area contributed by atoms with Crippen molar-refractivity contribution < 1.29 is 5.11 Å². The van der Waals surface area contributed by atoms with Gasteiger partial charge in [0.05, 0.1) is 6.10 Å². The van der Waals surface area contributed by atoms with Crippen molar-refractivity contribution in [3.05, 3.63) is 0 Å². The van der Waals surface area contributed by atoms with Crippen LogP contribution in [0.1, 0.15) is 258 Å². The lowest BCUT2D eigenvalue weighted by atomic mass is 9.93. The third kappa shape index (κ3) is 36.3. The summed E-state index contributed by atoms with van der Waals surface area (Å²) in [4.78, 5) is 0. The zero-order chi connectivity index (χ0) is 31.3. The van der Waals surface area contributed by atoms with E-state index in [-0.39, 0.29) is 6.10 Å². The minimum Gasteiger partial charge on any atom is -0.393 e.